The molecule has 0 aromatic heterocycles. The van der Waals surface area contributed by atoms with E-state index in [9.17, 15) is 0 Å². The molecule has 16 heavy (non-hydrogen) atoms. The van der Waals surface area contributed by atoms with Crippen LogP contribution in [0.2, 0.25) is 18.6 Å². The fourth-order valence-corrected chi connectivity index (χ4v) is 4.53. The van der Waals surface area contributed by atoms with Gasteiger partial charge in [0.15, 0.2) is 14.1 Å². The zero-order chi connectivity index (χ0) is 12.0. The van der Waals surface area contributed by atoms with Crippen molar-refractivity contribution >= 4 is 8.32 Å². The molecular weight excluding hydrogens is 220 g/mol. The summed E-state index contributed by atoms with van der Waals surface area (Å²) in [7, 11) is 0.0935. The van der Waals surface area contributed by atoms with Crippen LogP contribution in [0.15, 0.2) is 12.2 Å². The van der Waals surface area contributed by atoms with Gasteiger partial charge in [-0.25, -0.2) is 0 Å². The lowest BCUT2D eigenvalue weighted by Gasteiger charge is -2.36. The topological polar surface area (TPSA) is 27.7 Å². The Labute approximate surface area is 98.9 Å². The van der Waals surface area contributed by atoms with Crippen molar-refractivity contribution in [2.75, 3.05) is 7.11 Å². The minimum absolute atomic E-state index is 0.168. The van der Waals surface area contributed by atoms with Gasteiger partial charge in [-0.15, -0.1) is 0 Å². The van der Waals surface area contributed by atoms with E-state index in [-0.39, 0.29) is 12.2 Å². The molecule has 4 heteroatoms. The maximum absolute atomic E-state index is 6.03. The van der Waals surface area contributed by atoms with E-state index in [4.69, 9.17) is 13.9 Å². The summed E-state index contributed by atoms with van der Waals surface area (Å²) in [6.07, 6.45) is 5.80. The fraction of sp³-hybridized carbons (Fsp3) is 0.833. The SMILES string of the molecule is CO[Si](C)(C)[C@H]1C=CC[C@@H]2OC(C)(C)O[C@@H]21. The molecule has 0 radical (unpaired) electrons. The van der Waals surface area contributed by atoms with Gasteiger partial charge in [0.2, 0.25) is 0 Å². The Hall–Kier alpha value is -0.163. The Morgan fingerprint density at radius 2 is 2.00 bits per heavy atom. The number of fused-ring (bicyclic) bond motifs is 1. The van der Waals surface area contributed by atoms with Crippen LogP contribution in [0.25, 0.3) is 0 Å². The van der Waals surface area contributed by atoms with Gasteiger partial charge in [-0.2, -0.15) is 0 Å². The highest BCUT2D eigenvalue weighted by atomic mass is 28.4. The van der Waals surface area contributed by atoms with Gasteiger partial charge < -0.3 is 13.9 Å². The van der Waals surface area contributed by atoms with Gasteiger partial charge in [-0.3, -0.25) is 0 Å². The maximum atomic E-state index is 6.03. The molecule has 1 fully saturated rings. The molecule has 0 aromatic rings. The molecular formula is C12H22O3Si. The lowest BCUT2D eigenvalue weighted by Crippen LogP contribution is -2.45. The maximum Gasteiger partial charge on any atom is 0.195 e. The second-order valence-electron chi connectivity index (χ2n) is 5.64. The van der Waals surface area contributed by atoms with Crippen molar-refractivity contribution in [3.63, 3.8) is 0 Å². The van der Waals surface area contributed by atoms with Crippen molar-refractivity contribution in [3.8, 4) is 0 Å². The van der Waals surface area contributed by atoms with E-state index < -0.39 is 14.1 Å². The Morgan fingerprint density at radius 1 is 1.31 bits per heavy atom. The lowest BCUT2D eigenvalue weighted by atomic mass is 10.0. The largest absolute Gasteiger partial charge is 0.420 e. The molecule has 1 aliphatic heterocycles. The van der Waals surface area contributed by atoms with Gasteiger partial charge in [0.05, 0.1) is 12.2 Å². The van der Waals surface area contributed by atoms with E-state index in [1.165, 1.54) is 0 Å². The van der Waals surface area contributed by atoms with Crippen molar-refractivity contribution < 1.29 is 13.9 Å². The predicted octanol–water partition coefficient (Wildman–Crippen LogP) is 2.69. The number of rotatable bonds is 2. The smallest absolute Gasteiger partial charge is 0.195 e. The van der Waals surface area contributed by atoms with Gasteiger partial charge in [0, 0.05) is 12.7 Å². The van der Waals surface area contributed by atoms with E-state index in [2.05, 4.69) is 25.2 Å². The third-order valence-corrected chi connectivity index (χ3v) is 6.79. The summed E-state index contributed by atoms with van der Waals surface area (Å²) >= 11 is 0. The lowest BCUT2D eigenvalue weighted by molar-refractivity contribution is -0.145. The highest BCUT2D eigenvalue weighted by Crippen LogP contribution is 2.43. The van der Waals surface area contributed by atoms with Gasteiger partial charge in [-0.1, -0.05) is 12.2 Å². The molecule has 3 atom stereocenters. The van der Waals surface area contributed by atoms with E-state index in [0.717, 1.165) is 6.42 Å². The molecule has 0 saturated carbocycles. The fourth-order valence-electron chi connectivity index (χ4n) is 2.58. The van der Waals surface area contributed by atoms with Crippen LogP contribution < -0.4 is 0 Å². The Kier molecular flexibility index (Phi) is 3.03. The van der Waals surface area contributed by atoms with Crippen molar-refractivity contribution in [3.05, 3.63) is 12.2 Å². The van der Waals surface area contributed by atoms with Crippen LogP contribution >= 0.6 is 0 Å². The van der Waals surface area contributed by atoms with Gasteiger partial charge >= 0.3 is 0 Å². The summed E-state index contributed by atoms with van der Waals surface area (Å²) in [4.78, 5) is 0. The molecule has 0 N–H and O–H groups in total. The predicted molar refractivity (Wildman–Crippen MR) is 65.8 cm³/mol. The molecule has 0 aromatic carbocycles. The summed E-state index contributed by atoms with van der Waals surface area (Å²) in [5.41, 5.74) is 0.387. The number of ether oxygens (including phenoxy) is 2. The minimum Gasteiger partial charge on any atom is -0.420 e. The van der Waals surface area contributed by atoms with Crippen LogP contribution in [0, 0.1) is 0 Å². The quantitative estimate of drug-likeness (QED) is 0.550. The first-order valence-electron chi connectivity index (χ1n) is 5.93. The van der Waals surface area contributed by atoms with Crippen molar-refractivity contribution in [2.45, 2.75) is 56.9 Å². The third kappa shape index (κ3) is 2.11. The Morgan fingerprint density at radius 3 is 2.62 bits per heavy atom. The van der Waals surface area contributed by atoms with Crippen LogP contribution in [0.5, 0.6) is 0 Å². The normalized spacial score (nSPS) is 37.4. The molecule has 3 nitrogen and oxygen atoms in total. The molecule has 2 rings (SSSR count). The molecule has 1 aliphatic carbocycles. The minimum atomic E-state index is -1.72. The van der Waals surface area contributed by atoms with Crippen molar-refractivity contribution in [1.29, 1.82) is 0 Å². The second kappa shape index (κ2) is 3.94. The molecule has 0 amide bonds. The molecule has 1 saturated heterocycles. The van der Waals surface area contributed by atoms with Gasteiger partial charge in [0.1, 0.15) is 0 Å². The molecule has 2 aliphatic rings. The second-order valence-corrected chi connectivity index (χ2v) is 9.92. The van der Waals surface area contributed by atoms with Gasteiger partial charge in [0.25, 0.3) is 0 Å². The molecule has 0 bridgehead atoms. The van der Waals surface area contributed by atoms with Crippen LogP contribution in [-0.2, 0) is 13.9 Å². The van der Waals surface area contributed by atoms with Crippen LogP contribution in [-0.4, -0.2) is 33.4 Å². The number of hydrogen-bond acceptors (Lipinski definition) is 3. The summed E-state index contributed by atoms with van der Waals surface area (Å²) in [5.74, 6) is -0.447. The van der Waals surface area contributed by atoms with E-state index in [0.29, 0.717) is 5.54 Å². The highest BCUT2D eigenvalue weighted by molar-refractivity contribution is 6.73. The van der Waals surface area contributed by atoms with Crippen molar-refractivity contribution in [1.82, 2.24) is 0 Å². The standard InChI is InChI=1S/C12H22O3Si/c1-12(2)14-9-7-6-8-10(11(9)15-12)16(4,5)13-3/h6,8-11H,7H2,1-5H3/t9-,10-,11-/m0/s1. The van der Waals surface area contributed by atoms with Crippen LogP contribution in [0.4, 0.5) is 0 Å². The summed E-state index contributed by atoms with van der Waals surface area (Å²) in [6.45, 7) is 8.45. The summed E-state index contributed by atoms with van der Waals surface area (Å²) in [5, 5.41) is 0. The van der Waals surface area contributed by atoms with E-state index in [1.54, 1.807) is 0 Å². The third-order valence-electron chi connectivity index (χ3n) is 3.62. The van der Waals surface area contributed by atoms with Crippen LogP contribution in [0.1, 0.15) is 20.3 Å². The van der Waals surface area contributed by atoms with E-state index in [1.807, 2.05) is 21.0 Å². The Balaban J connectivity index is 2.21. The summed E-state index contributed by atoms with van der Waals surface area (Å²) < 4.78 is 17.7. The molecule has 1 heterocycles. The van der Waals surface area contributed by atoms with Crippen LogP contribution in [0.3, 0.4) is 0 Å². The summed E-state index contributed by atoms with van der Waals surface area (Å²) in [6, 6.07) is 0. The zero-order valence-electron chi connectivity index (χ0n) is 10.8. The average Bonchev–Trinajstić information content (AvgIpc) is 2.50. The molecule has 92 valence electrons. The number of hydrogen-bond donors (Lipinski definition) is 0. The van der Waals surface area contributed by atoms with Crippen molar-refractivity contribution in [2.24, 2.45) is 0 Å². The highest BCUT2D eigenvalue weighted by Gasteiger charge is 2.50. The molecule has 0 spiro atoms. The molecule has 0 unspecified atom stereocenters. The Bertz CT molecular complexity index is 299. The van der Waals surface area contributed by atoms with Gasteiger partial charge in [-0.05, 0) is 33.4 Å². The average molecular weight is 242 g/mol. The zero-order valence-corrected chi connectivity index (χ0v) is 11.8. The first-order chi connectivity index (χ1) is 7.36. The van der Waals surface area contributed by atoms with E-state index >= 15 is 0 Å². The monoisotopic (exact) mass is 242 g/mol. The first-order valence-corrected chi connectivity index (χ1v) is 8.92. The first kappa shape index (κ1) is 12.3.